The molecule has 4 heteroatoms. The van der Waals surface area contributed by atoms with Crippen LogP contribution in [-0.2, 0) is 55.3 Å². The molecule has 11 rings (SSSR count). The molecule has 0 atom stereocenters. The summed E-state index contributed by atoms with van der Waals surface area (Å²) in [6, 6.07) is 72.8. The van der Waals surface area contributed by atoms with Crippen molar-refractivity contribution in [1.29, 1.82) is 0 Å². The number of aryl methyl sites for hydroxylation is 2. The molecule has 0 unspecified atom stereocenters. The van der Waals surface area contributed by atoms with Gasteiger partial charge in [0.1, 0.15) is 0 Å². The summed E-state index contributed by atoms with van der Waals surface area (Å²) in [5.74, 6) is 0. The summed E-state index contributed by atoms with van der Waals surface area (Å²) < 4.78 is 0. The Labute approximate surface area is 489 Å². The Kier molecular flexibility index (Phi) is 18.5. The molecule has 0 bridgehead atoms. The van der Waals surface area contributed by atoms with E-state index in [1.54, 1.807) is 0 Å². The predicted octanol–water partition coefficient (Wildman–Crippen LogP) is 20.6. The molecule has 0 spiro atoms. The molecule has 78 heavy (non-hydrogen) atoms. The van der Waals surface area contributed by atoms with Gasteiger partial charge in [-0.2, -0.15) is 29.5 Å². The summed E-state index contributed by atoms with van der Waals surface area (Å²) in [6.07, 6.45) is 2.06. The molecule has 0 saturated carbocycles. The van der Waals surface area contributed by atoms with E-state index in [0.717, 1.165) is 22.4 Å². The molecule has 0 aliphatic carbocycles. The molecule has 0 fully saturated rings. The van der Waals surface area contributed by atoms with E-state index < -0.39 is 20.8 Å². The van der Waals surface area contributed by atoms with Crippen LogP contribution in [0.2, 0.25) is 0 Å². The Morgan fingerprint density at radius 3 is 1.18 bits per heavy atom. The van der Waals surface area contributed by atoms with Gasteiger partial charge in [0, 0.05) is 0 Å². The second-order valence-electron chi connectivity index (χ2n) is 24.9. The van der Waals surface area contributed by atoms with Crippen LogP contribution in [-0.4, -0.2) is 9.52 Å². The van der Waals surface area contributed by atoms with Gasteiger partial charge in [0.2, 0.25) is 0 Å². The van der Waals surface area contributed by atoms with E-state index >= 15 is 0 Å². The van der Waals surface area contributed by atoms with Crippen LogP contribution in [0, 0.1) is 6.07 Å². The first kappa shape index (κ1) is 58.8. The Hall–Kier alpha value is -5.34. The molecule has 0 saturated heterocycles. The van der Waals surface area contributed by atoms with E-state index in [1.165, 1.54) is 121 Å². The monoisotopic (exact) mass is 1150 g/mol. The average molecular weight is 1160 g/mol. The molecule has 10 aromatic carbocycles. The minimum absolute atomic E-state index is 0.109. The Balaban J connectivity index is 0.000000161. The van der Waals surface area contributed by atoms with Crippen molar-refractivity contribution in [1.82, 2.24) is 0 Å². The van der Waals surface area contributed by atoms with Crippen molar-refractivity contribution < 1.29 is 20.8 Å². The van der Waals surface area contributed by atoms with Gasteiger partial charge in [0.25, 0.3) is 0 Å². The van der Waals surface area contributed by atoms with Gasteiger partial charge >= 0.3 is 37.9 Å². The Morgan fingerprint density at radius 1 is 0.423 bits per heavy atom. The van der Waals surface area contributed by atoms with E-state index in [4.69, 9.17) is 17.0 Å². The van der Waals surface area contributed by atoms with Crippen molar-refractivity contribution in [3.63, 3.8) is 0 Å². The first-order chi connectivity index (χ1) is 37.0. The number of hydrogen-bond donors (Lipinski definition) is 0. The maximum Gasteiger partial charge on any atom is 0.0920 e. The van der Waals surface area contributed by atoms with Crippen LogP contribution in [0.4, 0.5) is 0 Å². The zero-order valence-electron chi connectivity index (χ0n) is 48.6. The molecule has 0 N–H and O–H groups in total. The van der Waals surface area contributed by atoms with Crippen LogP contribution in [0.15, 0.2) is 188 Å². The zero-order chi connectivity index (χ0) is 56.2. The van der Waals surface area contributed by atoms with Crippen LogP contribution in [0.5, 0.6) is 0 Å². The zero-order valence-corrected chi connectivity index (χ0v) is 53.5. The third-order valence-electron chi connectivity index (χ3n) is 15.2. The summed E-state index contributed by atoms with van der Waals surface area (Å²) in [5, 5.41) is 8.20. The molecule has 0 nitrogen and oxygen atoms in total. The van der Waals surface area contributed by atoms with Gasteiger partial charge in [-0.05, 0) is 79.0 Å². The van der Waals surface area contributed by atoms with Crippen molar-refractivity contribution in [3.05, 3.63) is 228 Å². The van der Waals surface area contributed by atoms with Gasteiger partial charge < -0.3 is 0 Å². The SMILES string of the molecule is CCc1ccc2[cH-]c(-c3ccccc3)cc2c1-c1cc(C(C)(C)C)cc(C(C)(C)C)c1.CCc1ccc2[cH-]c(-c3ccccc3)cc2c1-c1cc(C(C)(C)C)cc(C(C)(C)C)c1.[Cl][Zr][Cl].[c-]1cccc2c1[Si]c1ccccc1-2. The molecule has 0 amide bonds. The van der Waals surface area contributed by atoms with Crippen LogP contribution in [0.1, 0.15) is 130 Å². The van der Waals surface area contributed by atoms with Gasteiger partial charge in [-0.25, -0.2) is 0 Å². The molecule has 2 radical (unpaired) electrons. The fourth-order valence-electron chi connectivity index (χ4n) is 10.5. The maximum absolute atomic E-state index is 4.93. The summed E-state index contributed by atoms with van der Waals surface area (Å²) >= 11 is -0.826. The van der Waals surface area contributed by atoms with Crippen LogP contribution in [0.3, 0.4) is 0 Å². The number of benzene rings is 8. The number of fused-ring (bicyclic) bond motifs is 5. The fraction of sp³-hybridized carbons (Fsp3) is 0.270. The normalized spacial score (nSPS) is 12.2. The minimum Gasteiger partial charge on any atom is -0.184 e. The number of halogens is 2. The topological polar surface area (TPSA) is 0 Å². The van der Waals surface area contributed by atoms with Gasteiger partial charge in [0.15, 0.2) is 0 Å². The van der Waals surface area contributed by atoms with Crippen LogP contribution >= 0.6 is 17.0 Å². The van der Waals surface area contributed by atoms with Crippen molar-refractivity contribution in [2.24, 2.45) is 0 Å². The Morgan fingerprint density at radius 2 is 0.795 bits per heavy atom. The second-order valence-corrected chi connectivity index (χ2v) is 30.0. The summed E-state index contributed by atoms with van der Waals surface area (Å²) in [5.41, 5.74) is 22.3. The molecular weight excluding hydrogens is 1080 g/mol. The quantitative estimate of drug-likeness (QED) is 0.115. The third-order valence-corrected chi connectivity index (χ3v) is 16.5. The smallest absolute Gasteiger partial charge is 0.0920 e. The maximum atomic E-state index is 4.93. The molecule has 0 aromatic heterocycles. The Bertz CT molecular complexity index is 3330. The van der Waals surface area contributed by atoms with Crippen molar-refractivity contribution in [2.45, 2.75) is 131 Å². The van der Waals surface area contributed by atoms with Crippen LogP contribution in [0.25, 0.3) is 77.2 Å². The van der Waals surface area contributed by atoms with E-state index in [9.17, 15) is 0 Å². The summed E-state index contributed by atoms with van der Waals surface area (Å²) in [4.78, 5) is 0. The van der Waals surface area contributed by atoms with Gasteiger partial charge in [-0.3, -0.25) is 0 Å². The van der Waals surface area contributed by atoms with E-state index in [1.807, 2.05) is 6.07 Å². The largest absolute Gasteiger partial charge is 0.184 e. The number of hydrogen-bond acceptors (Lipinski definition) is 0. The molecule has 1 heterocycles. The van der Waals surface area contributed by atoms with E-state index in [0.29, 0.717) is 0 Å². The summed E-state index contributed by atoms with van der Waals surface area (Å²) in [7, 11) is 10.7. The first-order valence-electron chi connectivity index (χ1n) is 27.7. The molecule has 1 aliphatic rings. The minimum atomic E-state index is -0.826. The van der Waals surface area contributed by atoms with Gasteiger partial charge in [0.05, 0.1) is 9.52 Å². The fourth-order valence-corrected chi connectivity index (χ4v) is 11.8. The molecule has 1 aliphatic heterocycles. The van der Waals surface area contributed by atoms with Crippen molar-refractivity contribution >= 4 is 58.5 Å². The predicted molar refractivity (Wildman–Crippen MR) is 342 cm³/mol. The van der Waals surface area contributed by atoms with Crippen LogP contribution < -0.4 is 10.4 Å². The first-order valence-corrected chi connectivity index (χ1v) is 35.1. The molecule has 10 aromatic rings. The molecular formula is C74H77Cl2SiZr-3. The van der Waals surface area contributed by atoms with Crippen molar-refractivity contribution in [3.8, 4) is 55.6 Å². The van der Waals surface area contributed by atoms with Gasteiger partial charge in [-0.1, -0.05) is 263 Å². The summed E-state index contributed by atoms with van der Waals surface area (Å²) in [6.45, 7) is 32.3. The second kappa shape index (κ2) is 24.6. The molecule has 398 valence electrons. The third kappa shape index (κ3) is 13.6. The number of rotatable bonds is 6. The van der Waals surface area contributed by atoms with E-state index in [-0.39, 0.29) is 21.7 Å². The average Bonchev–Trinajstić information content (AvgIpc) is 4.22. The van der Waals surface area contributed by atoms with E-state index in [2.05, 4.69) is 285 Å². The van der Waals surface area contributed by atoms with Gasteiger partial charge in [-0.15, -0.1) is 74.6 Å². The van der Waals surface area contributed by atoms with Crippen molar-refractivity contribution in [2.75, 3.05) is 0 Å². The standard InChI is InChI=1S/2C31H35.C12H7Si.2ClH.Zr/c2*1-8-21-14-15-23-16-24(22-12-10-9-11-13-22)19-28(23)29(21)25-17-26(30(2,3)4)20-27(18-25)31(5,6)7;1-3-7-11-9(5-1)10-6-2-4-8-12(10)13-11;;;/h2*9-20H,8H2,1-7H3;1-7H;2*1H;/q3*-1;;;+2/p-2.